The Kier molecular flexibility index (Phi) is 6.37. The molecule has 3 aromatic heterocycles. The lowest BCUT2D eigenvalue weighted by Crippen LogP contribution is -2.33. The maximum atomic E-state index is 13.1. The lowest BCUT2D eigenvalue weighted by molar-refractivity contribution is 0.0788. The van der Waals surface area contributed by atoms with Crippen LogP contribution in [0.2, 0.25) is 0 Å². The second-order valence-electron chi connectivity index (χ2n) is 9.26. The zero-order valence-corrected chi connectivity index (χ0v) is 21.0. The Labute approximate surface area is 214 Å². The molecular formula is C28H28N8O. The topological polar surface area (TPSA) is 128 Å². The summed E-state index contributed by atoms with van der Waals surface area (Å²) in [6.07, 6.45) is 5.29. The Hall–Kier alpha value is -4.63. The van der Waals surface area contributed by atoms with Crippen LogP contribution in [0.3, 0.4) is 0 Å². The van der Waals surface area contributed by atoms with E-state index < -0.39 is 0 Å². The summed E-state index contributed by atoms with van der Waals surface area (Å²) in [5, 5.41) is 11.0. The second kappa shape index (κ2) is 9.79. The molecule has 3 heterocycles. The van der Waals surface area contributed by atoms with Crippen LogP contribution in [0.1, 0.15) is 21.7 Å². The van der Waals surface area contributed by atoms with Crippen LogP contribution in [-0.2, 0) is 0 Å². The zero-order chi connectivity index (χ0) is 26.1. The van der Waals surface area contributed by atoms with Gasteiger partial charge < -0.3 is 20.5 Å². The zero-order valence-electron chi connectivity index (χ0n) is 21.0. The molecule has 186 valence electrons. The quantitative estimate of drug-likeness (QED) is 0.297. The number of nitrogen functional groups attached to an aromatic ring is 1. The smallest absolute Gasteiger partial charge is 0.255 e. The number of H-pyrrole nitrogens is 1. The fraction of sp³-hybridized carbons (Fsp3) is 0.179. The first kappa shape index (κ1) is 24.1. The molecule has 9 nitrogen and oxygen atoms in total. The highest BCUT2D eigenvalue weighted by Crippen LogP contribution is 2.29. The van der Waals surface area contributed by atoms with Crippen LogP contribution in [0.4, 0.5) is 5.82 Å². The van der Waals surface area contributed by atoms with E-state index >= 15 is 0 Å². The molecule has 0 saturated heterocycles. The van der Waals surface area contributed by atoms with Crippen LogP contribution < -0.4 is 5.73 Å². The van der Waals surface area contributed by atoms with Gasteiger partial charge in [-0.05, 0) is 37.7 Å². The Bertz CT molecular complexity index is 1630. The highest BCUT2D eigenvalue weighted by molar-refractivity contribution is 6.14. The fourth-order valence-corrected chi connectivity index (χ4v) is 4.28. The number of fused-ring (bicyclic) bond motifs is 2. The van der Waals surface area contributed by atoms with Gasteiger partial charge in [0.15, 0.2) is 5.82 Å². The minimum absolute atomic E-state index is 0.0932. The summed E-state index contributed by atoms with van der Waals surface area (Å²) < 4.78 is 0. The van der Waals surface area contributed by atoms with Crippen molar-refractivity contribution in [3.63, 3.8) is 0 Å². The molecule has 0 aliphatic heterocycles. The third-order valence-electron chi connectivity index (χ3n) is 6.38. The average molecular weight is 493 g/mol. The van der Waals surface area contributed by atoms with Gasteiger partial charge in [0.25, 0.3) is 5.91 Å². The molecule has 37 heavy (non-hydrogen) atoms. The van der Waals surface area contributed by atoms with Gasteiger partial charge in [-0.2, -0.15) is 0 Å². The SMILES string of the molecule is CN(C)CCN(C)C(=O)c1cccc2[nH]c(C(=N)c3cc(-c4cncc5ccccc45)cnc3N)nc12. The lowest BCUT2D eigenvalue weighted by atomic mass is 10.00. The molecule has 0 spiro atoms. The number of rotatable bonds is 7. The number of amides is 1. The number of para-hydroxylation sites is 1. The number of likely N-dealkylation sites (N-methyl/N-ethyl adjacent to an activating group) is 2. The molecule has 0 radical (unpaired) electrons. The van der Waals surface area contributed by atoms with Gasteiger partial charge in [0, 0.05) is 60.8 Å². The first-order valence-electron chi connectivity index (χ1n) is 11.9. The molecule has 0 atom stereocenters. The summed E-state index contributed by atoms with van der Waals surface area (Å²) in [4.78, 5) is 33.4. The number of benzene rings is 2. The van der Waals surface area contributed by atoms with Crippen molar-refractivity contribution in [3.8, 4) is 11.1 Å². The van der Waals surface area contributed by atoms with Crippen LogP contribution in [0.15, 0.2) is 67.1 Å². The molecule has 5 aromatic rings. The number of anilines is 1. The maximum absolute atomic E-state index is 13.1. The summed E-state index contributed by atoms with van der Waals surface area (Å²) in [7, 11) is 5.72. The predicted octanol–water partition coefficient (Wildman–Crippen LogP) is 3.81. The molecule has 0 unspecified atom stereocenters. The van der Waals surface area contributed by atoms with Crippen molar-refractivity contribution in [2.45, 2.75) is 0 Å². The molecule has 9 heteroatoms. The first-order valence-corrected chi connectivity index (χ1v) is 11.9. The molecule has 0 bridgehead atoms. The van der Waals surface area contributed by atoms with Crippen molar-refractivity contribution in [2.24, 2.45) is 0 Å². The third-order valence-corrected chi connectivity index (χ3v) is 6.38. The largest absolute Gasteiger partial charge is 0.383 e. The number of nitrogens with one attached hydrogen (secondary N) is 2. The van der Waals surface area contributed by atoms with Crippen molar-refractivity contribution in [3.05, 3.63) is 84.1 Å². The number of aromatic amines is 1. The number of carbonyl (C=O) groups excluding carboxylic acids is 1. The van der Waals surface area contributed by atoms with E-state index in [9.17, 15) is 4.79 Å². The van der Waals surface area contributed by atoms with Gasteiger partial charge in [0.05, 0.1) is 11.1 Å². The van der Waals surface area contributed by atoms with E-state index in [4.69, 9.17) is 11.1 Å². The molecule has 0 fully saturated rings. The van der Waals surface area contributed by atoms with Gasteiger partial charge in [0.2, 0.25) is 0 Å². The van der Waals surface area contributed by atoms with E-state index in [1.807, 2.05) is 67.7 Å². The van der Waals surface area contributed by atoms with Crippen molar-refractivity contribution in [2.75, 3.05) is 40.0 Å². The summed E-state index contributed by atoms with van der Waals surface area (Å²) in [6, 6.07) is 15.2. The van der Waals surface area contributed by atoms with E-state index in [0.29, 0.717) is 34.5 Å². The highest BCUT2D eigenvalue weighted by Gasteiger charge is 2.20. The number of hydrogen-bond donors (Lipinski definition) is 3. The van der Waals surface area contributed by atoms with Gasteiger partial charge in [0.1, 0.15) is 17.0 Å². The van der Waals surface area contributed by atoms with Crippen LogP contribution >= 0.6 is 0 Å². The molecule has 1 amide bonds. The molecule has 0 aliphatic carbocycles. The van der Waals surface area contributed by atoms with Gasteiger partial charge in [-0.15, -0.1) is 0 Å². The van der Waals surface area contributed by atoms with Gasteiger partial charge in [-0.1, -0.05) is 30.3 Å². The summed E-state index contributed by atoms with van der Waals surface area (Å²) >= 11 is 0. The van der Waals surface area contributed by atoms with Crippen molar-refractivity contribution in [1.29, 1.82) is 5.41 Å². The molecule has 4 N–H and O–H groups in total. The maximum Gasteiger partial charge on any atom is 0.255 e. The molecule has 0 saturated carbocycles. The highest BCUT2D eigenvalue weighted by atomic mass is 16.2. The van der Waals surface area contributed by atoms with E-state index in [2.05, 4.69) is 19.9 Å². The minimum Gasteiger partial charge on any atom is -0.383 e. The van der Waals surface area contributed by atoms with Crippen molar-refractivity contribution in [1.82, 2.24) is 29.7 Å². The van der Waals surface area contributed by atoms with Crippen LogP contribution in [0.25, 0.3) is 32.9 Å². The Morgan fingerprint density at radius 2 is 1.81 bits per heavy atom. The van der Waals surface area contributed by atoms with E-state index in [1.165, 1.54) is 0 Å². The van der Waals surface area contributed by atoms with Gasteiger partial charge in [-0.25, -0.2) is 9.97 Å². The number of imidazole rings is 1. The van der Waals surface area contributed by atoms with Crippen molar-refractivity contribution < 1.29 is 4.79 Å². The third kappa shape index (κ3) is 4.64. The van der Waals surface area contributed by atoms with Crippen LogP contribution in [-0.4, -0.2) is 75.6 Å². The monoisotopic (exact) mass is 492 g/mol. The van der Waals surface area contributed by atoms with E-state index in [-0.39, 0.29) is 17.4 Å². The fourth-order valence-electron chi connectivity index (χ4n) is 4.28. The second-order valence-corrected chi connectivity index (χ2v) is 9.26. The lowest BCUT2D eigenvalue weighted by Gasteiger charge is -2.19. The van der Waals surface area contributed by atoms with Gasteiger partial charge in [-0.3, -0.25) is 15.2 Å². The first-order chi connectivity index (χ1) is 17.8. The minimum atomic E-state index is -0.122. The Balaban J connectivity index is 1.51. The van der Waals surface area contributed by atoms with Crippen molar-refractivity contribution >= 4 is 39.2 Å². The summed E-state index contributed by atoms with van der Waals surface area (Å²) in [6.45, 7) is 1.34. The summed E-state index contributed by atoms with van der Waals surface area (Å²) in [5.74, 6) is 0.415. The number of nitrogens with two attached hydrogens (primary N) is 1. The molecule has 0 aliphatic rings. The Morgan fingerprint density at radius 1 is 1.00 bits per heavy atom. The number of carbonyl (C=O) groups is 1. The van der Waals surface area contributed by atoms with E-state index in [0.717, 1.165) is 28.4 Å². The molecule has 2 aromatic carbocycles. The Morgan fingerprint density at radius 3 is 2.62 bits per heavy atom. The predicted molar refractivity (Wildman–Crippen MR) is 147 cm³/mol. The van der Waals surface area contributed by atoms with E-state index in [1.54, 1.807) is 30.4 Å². The van der Waals surface area contributed by atoms with Crippen LogP contribution in [0, 0.1) is 5.41 Å². The number of pyridine rings is 2. The number of nitrogens with zero attached hydrogens (tertiary/aromatic N) is 5. The number of hydrogen-bond acceptors (Lipinski definition) is 7. The standard InChI is InChI=1S/C28H28N8O/c1-35(2)11-12-36(3)28(37)20-9-6-10-23-25(20)34-27(33-23)24(29)21-13-18(15-32-26(21)30)22-16-31-14-17-7-4-5-8-19(17)22/h4-10,13-16,29H,11-12H2,1-3H3,(H2,30,32)(H,33,34). The number of aromatic nitrogens is 4. The normalized spacial score (nSPS) is 11.4. The average Bonchev–Trinajstić information content (AvgIpc) is 3.35. The molecular weight excluding hydrogens is 464 g/mol. The van der Waals surface area contributed by atoms with Crippen LogP contribution in [0.5, 0.6) is 0 Å². The molecule has 5 rings (SSSR count). The van der Waals surface area contributed by atoms with Gasteiger partial charge >= 0.3 is 0 Å². The summed E-state index contributed by atoms with van der Waals surface area (Å²) in [5.41, 5.74) is 10.1.